The molecule has 0 bridgehead atoms. The fraction of sp³-hybridized carbons (Fsp3) is 0.421. The molecule has 1 fully saturated rings. The molecule has 4 rings (SSSR count). The van der Waals surface area contributed by atoms with Gasteiger partial charge in [-0.15, -0.1) is 0 Å². The van der Waals surface area contributed by atoms with E-state index in [1.165, 1.54) is 19.5 Å². The minimum absolute atomic E-state index is 0.0884. The average Bonchev–Trinajstić information content (AvgIpc) is 2.73. The van der Waals surface area contributed by atoms with Gasteiger partial charge in [-0.1, -0.05) is 12.1 Å². The summed E-state index contributed by atoms with van der Waals surface area (Å²) in [4.78, 5) is 22.9. The Bertz CT molecular complexity index is 815. The summed E-state index contributed by atoms with van der Waals surface area (Å²) in [6, 6.07) is 7.36. The molecule has 2 unspecified atom stereocenters. The number of aromatic nitrogens is 2. The van der Waals surface area contributed by atoms with Crippen LogP contribution in [-0.2, 0) is 4.79 Å². The van der Waals surface area contributed by atoms with E-state index in [1.54, 1.807) is 11.0 Å². The molecular weight excluding hydrogens is 350 g/mol. The minimum atomic E-state index is -0.643. The van der Waals surface area contributed by atoms with Crippen molar-refractivity contribution in [2.75, 3.05) is 26.8 Å². The van der Waals surface area contributed by atoms with Crippen molar-refractivity contribution >= 4 is 5.91 Å². The Labute approximate surface area is 157 Å². The maximum absolute atomic E-state index is 12.9. The number of hydrogen-bond donors (Lipinski definition) is 0. The number of fused-ring (bicyclic) bond motifs is 1. The number of benzene rings is 1. The van der Waals surface area contributed by atoms with Gasteiger partial charge in [0.25, 0.3) is 5.91 Å². The molecule has 8 nitrogen and oxygen atoms in total. The highest BCUT2D eigenvalue weighted by atomic mass is 16.6. The maximum atomic E-state index is 12.9. The smallest absolute Gasteiger partial charge is 0.267 e. The molecule has 1 saturated heterocycles. The summed E-state index contributed by atoms with van der Waals surface area (Å²) in [5, 5.41) is 0. The lowest BCUT2D eigenvalue weighted by molar-refractivity contribution is -0.143. The molecule has 2 aromatic rings. The van der Waals surface area contributed by atoms with Crippen LogP contribution in [0, 0.1) is 0 Å². The predicted octanol–water partition coefficient (Wildman–Crippen LogP) is 1.70. The molecule has 0 saturated carbocycles. The Morgan fingerprint density at radius 2 is 2.04 bits per heavy atom. The van der Waals surface area contributed by atoms with Crippen LogP contribution < -0.4 is 18.9 Å². The summed E-state index contributed by atoms with van der Waals surface area (Å²) in [7, 11) is 1.53. The van der Waals surface area contributed by atoms with Crippen molar-refractivity contribution in [3.63, 3.8) is 0 Å². The van der Waals surface area contributed by atoms with Gasteiger partial charge in [-0.05, 0) is 25.0 Å². The van der Waals surface area contributed by atoms with Gasteiger partial charge in [-0.2, -0.15) is 4.98 Å². The first-order chi connectivity index (χ1) is 13.2. The number of piperidine rings is 1. The quantitative estimate of drug-likeness (QED) is 0.809. The van der Waals surface area contributed by atoms with Crippen molar-refractivity contribution in [2.45, 2.75) is 25.0 Å². The number of methoxy groups -OCH3 is 1. The highest BCUT2D eigenvalue weighted by Crippen LogP contribution is 2.31. The SMILES string of the molecule is COc1cncc(OC2CCCN(C(=O)C3COc4ccccc4O3)C2)n1. The van der Waals surface area contributed by atoms with Crippen LogP contribution in [0.5, 0.6) is 23.3 Å². The number of carbonyl (C=O) groups excluding carboxylic acids is 1. The van der Waals surface area contributed by atoms with E-state index < -0.39 is 6.10 Å². The second kappa shape index (κ2) is 7.69. The molecule has 2 atom stereocenters. The van der Waals surface area contributed by atoms with Gasteiger partial charge in [0.15, 0.2) is 11.5 Å². The molecule has 0 aliphatic carbocycles. The van der Waals surface area contributed by atoms with E-state index in [2.05, 4.69) is 9.97 Å². The third-order valence-corrected chi connectivity index (χ3v) is 4.56. The number of para-hydroxylation sites is 2. The Morgan fingerprint density at radius 3 is 2.89 bits per heavy atom. The Hall–Kier alpha value is -3.03. The molecular formula is C19H21N3O5. The Kier molecular flexibility index (Phi) is 4.95. The molecule has 0 N–H and O–H groups in total. The second-order valence-electron chi connectivity index (χ2n) is 6.43. The zero-order chi connectivity index (χ0) is 18.6. The highest BCUT2D eigenvalue weighted by Gasteiger charge is 2.34. The molecule has 27 heavy (non-hydrogen) atoms. The summed E-state index contributed by atoms with van der Waals surface area (Å²) in [5.74, 6) is 1.95. The molecule has 2 aliphatic rings. The van der Waals surface area contributed by atoms with Gasteiger partial charge in [-0.3, -0.25) is 9.78 Å². The van der Waals surface area contributed by atoms with E-state index in [0.717, 1.165) is 12.8 Å². The van der Waals surface area contributed by atoms with Gasteiger partial charge in [0.05, 0.1) is 26.0 Å². The van der Waals surface area contributed by atoms with Crippen molar-refractivity contribution in [1.29, 1.82) is 0 Å². The number of hydrogen-bond acceptors (Lipinski definition) is 7. The summed E-state index contributed by atoms with van der Waals surface area (Å²) in [6.45, 7) is 1.35. The van der Waals surface area contributed by atoms with E-state index in [1.807, 2.05) is 18.2 Å². The fourth-order valence-corrected chi connectivity index (χ4v) is 3.24. The van der Waals surface area contributed by atoms with Crippen LogP contribution in [0.4, 0.5) is 0 Å². The highest BCUT2D eigenvalue weighted by molar-refractivity contribution is 5.82. The van der Waals surface area contributed by atoms with E-state index in [9.17, 15) is 4.79 Å². The number of likely N-dealkylation sites (tertiary alicyclic amines) is 1. The van der Waals surface area contributed by atoms with E-state index in [4.69, 9.17) is 18.9 Å². The van der Waals surface area contributed by atoms with Gasteiger partial charge in [0, 0.05) is 6.54 Å². The molecule has 2 aliphatic heterocycles. The zero-order valence-corrected chi connectivity index (χ0v) is 15.0. The largest absolute Gasteiger partial charge is 0.485 e. The first-order valence-electron chi connectivity index (χ1n) is 8.93. The monoisotopic (exact) mass is 371 g/mol. The number of rotatable bonds is 4. The predicted molar refractivity (Wildman–Crippen MR) is 95.2 cm³/mol. The van der Waals surface area contributed by atoms with E-state index in [-0.39, 0.29) is 18.6 Å². The molecule has 3 heterocycles. The molecule has 1 aromatic carbocycles. The van der Waals surface area contributed by atoms with Crippen molar-refractivity contribution in [1.82, 2.24) is 14.9 Å². The molecule has 8 heteroatoms. The van der Waals surface area contributed by atoms with Crippen LogP contribution in [-0.4, -0.2) is 59.8 Å². The van der Waals surface area contributed by atoms with Gasteiger partial charge in [0.2, 0.25) is 17.9 Å². The fourth-order valence-electron chi connectivity index (χ4n) is 3.24. The third-order valence-electron chi connectivity index (χ3n) is 4.56. The molecule has 1 aromatic heterocycles. The standard InChI is InChI=1S/C19H21N3O5/c1-24-17-9-20-10-18(21-17)26-13-5-4-8-22(11-13)19(23)16-12-25-14-6-2-3-7-15(14)27-16/h2-3,6-7,9-10,13,16H,4-5,8,11-12H2,1H3. The topological polar surface area (TPSA) is 83.0 Å². The van der Waals surface area contributed by atoms with Crippen molar-refractivity contribution in [3.05, 3.63) is 36.7 Å². The van der Waals surface area contributed by atoms with Crippen molar-refractivity contribution < 1.29 is 23.7 Å². The first-order valence-corrected chi connectivity index (χ1v) is 8.93. The average molecular weight is 371 g/mol. The molecule has 142 valence electrons. The first kappa shape index (κ1) is 17.4. The van der Waals surface area contributed by atoms with E-state index in [0.29, 0.717) is 36.3 Å². The second-order valence-corrected chi connectivity index (χ2v) is 6.43. The van der Waals surface area contributed by atoms with Gasteiger partial charge < -0.3 is 23.8 Å². The summed E-state index contributed by atoms with van der Waals surface area (Å²) >= 11 is 0. The van der Waals surface area contributed by atoms with E-state index >= 15 is 0 Å². The normalized spacial score (nSPS) is 21.4. The van der Waals surface area contributed by atoms with Crippen LogP contribution in [0.3, 0.4) is 0 Å². The number of nitrogens with zero attached hydrogens (tertiary/aromatic N) is 3. The lowest BCUT2D eigenvalue weighted by Crippen LogP contribution is -2.51. The Balaban J connectivity index is 1.38. The lowest BCUT2D eigenvalue weighted by atomic mass is 10.1. The molecule has 0 spiro atoms. The molecule has 1 amide bonds. The number of ether oxygens (including phenoxy) is 4. The third kappa shape index (κ3) is 3.89. The maximum Gasteiger partial charge on any atom is 0.267 e. The summed E-state index contributed by atoms with van der Waals surface area (Å²) in [6.07, 6.45) is 3.95. The van der Waals surface area contributed by atoms with Crippen LogP contribution in [0.1, 0.15) is 12.8 Å². The minimum Gasteiger partial charge on any atom is -0.485 e. The lowest BCUT2D eigenvalue weighted by Gasteiger charge is -2.35. The van der Waals surface area contributed by atoms with Gasteiger partial charge in [-0.25, -0.2) is 0 Å². The van der Waals surface area contributed by atoms with Crippen molar-refractivity contribution in [3.8, 4) is 23.3 Å². The van der Waals surface area contributed by atoms with Crippen molar-refractivity contribution in [2.24, 2.45) is 0 Å². The number of amides is 1. The van der Waals surface area contributed by atoms with Crippen LogP contribution in [0.25, 0.3) is 0 Å². The summed E-state index contributed by atoms with van der Waals surface area (Å²) in [5.41, 5.74) is 0. The van der Waals surface area contributed by atoms with Crippen LogP contribution in [0.15, 0.2) is 36.7 Å². The zero-order valence-electron chi connectivity index (χ0n) is 15.0. The number of carbonyl (C=O) groups is 1. The van der Waals surface area contributed by atoms with Crippen LogP contribution in [0.2, 0.25) is 0 Å². The van der Waals surface area contributed by atoms with Gasteiger partial charge >= 0.3 is 0 Å². The van der Waals surface area contributed by atoms with Gasteiger partial charge in [0.1, 0.15) is 12.7 Å². The Morgan fingerprint density at radius 1 is 1.22 bits per heavy atom. The van der Waals surface area contributed by atoms with Crippen LogP contribution >= 0.6 is 0 Å². The summed E-state index contributed by atoms with van der Waals surface area (Å²) < 4.78 is 22.5. The molecule has 0 radical (unpaired) electrons.